The van der Waals surface area contributed by atoms with Gasteiger partial charge in [-0.05, 0) is 48.5 Å². The van der Waals surface area contributed by atoms with Crippen LogP contribution in [-0.2, 0) is 16.8 Å². The Bertz CT molecular complexity index is 1470. The molecule has 211 valence electrons. The number of phenolic OH excluding ortho intramolecular Hbond substituents is 2. The first-order valence-electron chi connectivity index (χ1n) is 11.4. The Hall–Kier alpha value is -4.17. The Balaban J connectivity index is 0.000000280. The molecule has 0 bridgehead atoms. The first-order chi connectivity index (χ1) is 19.2. The maximum absolute atomic E-state index is 11.8. The first kappa shape index (κ1) is 33.0. The second kappa shape index (κ2) is 16.2. The SMILES string of the molecule is O=C(NN=Cc1cc(Br)ccc1[OH2+])c1ccccc1O.O=C(NN=Cc1cc(Br)ccc1[OH2+])c1ccccc1O.[Co+2]. The van der Waals surface area contributed by atoms with Crippen molar-refractivity contribution in [2.24, 2.45) is 10.2 Å². The van der Waals surface area contributed by atoms with Crippen molar-refractivity contribution in [3.8, 4) is 23.0 Å². The summed E-state index contributed by atoms with van der Waals surface area (Å²) < 4.78 is 1.64. The average molecular weight is 731 g/mol. The summed E-state index contributed by atoms with van der Waals surface area (Å²) >= 11 is 6.60. The number of hydrazone groups is 2. The summed E-state index contributed by atoms with van der Waals surface area (Å²) in [5.74, 6) is -0.642. The van der Waals surface area contributed by atoms with Crippen molar-refractivity contribution < 1.29 is 46.8 Å². The number of nitrogens with one attached hydrogen (secondary N) is 2. The molecule has 0 saturated heterocycles. The minimum atomic E-state index is -0.513. The molecule has 10 nitrogen and oxygen atoms in total. The Kier molecular flexibility index (Phi) is 13.0. The van der Waals surface area contributed by atoms with Crippen LogP contribution in [0, 0.1) is 0 Å². The van der Waals surface area contributed by atoms with Crippen LogP contribution in [0.3, 0.4) is 0 Å². The Morgan fingerprint density at radius 3 is 1.39 bits per heavy atom. The van der Waals surface area contributed by atoms with Gasteiger partial charge in [0.2, 0.25) is 0 Å². The van der Waals surface area contributed by atoms with Crippen molar-refractivity contribution in [2.45, 2.75) is 0 Å². The minimum absolute atomic E-state index is 0. The Labute approximate surface area is 261 Å². The van der Waals surface area contributed by atoms with E-state index in [4.69, 9.17) is 10.2 Å². The third-order valence-electron chi connectivity index (χ3n) is 5.06. The van der Waals surface area contributed by atoms with Gasteiger partial charge in [0.15, 0.2) is 0 Å². The second-order valence-electron chi connectivity index (χ2n) is 7.90. The molecular weight excluding hydrogens is 707 g/mol. The largest absolute Gasteiger partial charge is 2.00 e. The van der Waals surface area contributed by atoms with E-state index in [1.165, 1.54) is 36.7 Å². The third kappa shape index (κ3) is 10.1. The average Bonchev–Trinajstić information content (AvgIpc) is 2.93. The number of phenols is 2. The van der Waals surface area contributed by atoms with E-state index >= 15 is 0 Å². The van der Waals surface area contributed by atoms with Gasteiger partial charge in [0.1, 0.15) is 11.5 Å². The number of hydrogen-bond acceptors (Lipinski definition) is 6. The van der Waals surface area contributed by atoms with Crippen LogP contribution < -0.4 is 10.9 Å². The summed E-state index contributed by atoms with van der Waals surface area (Å²) in [5, 5.41) is 42.0. The van der Waals surface area contributed by atoms with Crippen LogP contribution in [-0.4, -0.2) is 44.7 Å². The molecule has 0 aromatic heterocycles. The summed E-state index contributed by atoms with van der Waals surface area (Å²) in [6.45, 7) is 0. The number of rotatable bonds is 6. The molecule has 0 atom stereocenters. The fourth-order valence-electron chi connectivity index (χ4n) is 3.05. The molecule has 0 saturated carbocycles. The number of aromatic hydroxyl groups is 2. The van der Waals surface area contributed by atoms with Crippen LogP contribution in [0.25, 0.3) is 0 Å². The molecule has 4 aromatic carbocycles. The molecule has 0 heterocycles. The maximum Gasteiger partial charge on any atom is 2.00 e. The number of amides is 2. The van der Waals surface area contributed by atoms with Gasteiger partial charge in [0.25, 0.3) is 23.3 Å². The van der Waals surface area contributed by atoms with E-state index in [9.17, 15) is 19.8 Å². The zero-order valence-electron chi connectivity index (χ0n) is 20.9. The zero-order chi connectivity index (χ0) is 29.1. The first-order valence-corrected chi connectivity index (χ1v) is 13.0. The number of para-hydroxylation sites is 2. The number of carbonyl (C=O) groups is 2. The van der Waals surface area contributed by atoms with Gasteiger partial charge in [0.05, 0.1) is 34.7 Å². The number of carbonyl (C=O) groups excluding carboxylic acids is 2. The van der Waals surface area contributed by atoms with Gasteiger partial charge in [-0.1, -0.05) is 56.1 Å². The van der Waals surface area contributed by atoms with E-state index in [1.807, 2.05) is 0 Å². The van der Waals surface area contributed by atoms with Crippen LogP contribution in [0.5, 0.6) is 23.0 Å². The van der Waals surface area contributed by atoms with E-state index in [0.717, 1.165) is 8.95 Å². The molecule has 0 aliphatic rings. The van der Waals surface area contributed by atoms with Crippen molar-refractivity contribution in [3.63, 3.8) is 0 Å². The molecule has 8 N–H and O–H groups in total. The van der Waals surface area contributed by atoms with Crippen molar-refractivity contribution in [2.75, 3.05) is 0 Å². The minimum Gasteiger partial charge on any atom is -0.593 e. The predicted octanol–water partition coefficient (Wildman–Crippen LogP) is 4.71. The van der Waals surface area contributed by atoms with Gasteiger partial charge in [-0.25, -0.2) is 10.9 Å². The van der Waals surface area contributed by atoms with Crippen molar-refractivity contribution in [1.29, 1.82) is 0 Å². The van der Waals surface area contributed by atoms with Crippen LogP contribution in [0.2, 0.25) is 0 Å². The smallest absolute Gasteiger partial charge is 0.593 e. The maximum atomic E-state index is 11.8. The summed E-state index contributed by atoms with van der Waals surface area (Å²) in [7, 11) is 0. The molecule has 13 heteroatoms. The van der Waals surface area contributed by atoms with E-state index in [2.05, 4.69) is 52.9 Å². The monoisotopic (exact) mass is 729 g/mol. The molecule has 0 fully saturated rings. The van der Waals surface area contributed by atoms with Gasteiger partial charge in [-0.15, -0.1) is 0 Å². The number of hydrogen-bond donors (Lipinski definition) is 4. The van der Waals surface area contributed by atoms with Gasteiger partial charge >= 0.3 is 16.8 Å². The van der Waals surface area contributed by atoms with E-state index in [-0.39, 0.29) is 39.4 Å². The van der Waals surface area contributed by atoms with E-state index < -0.39 is 11.8 Å². The molecule has 0 unspecified atom stereocenters. The fraction of sp³-hybridized carbons (Fsp3) is 0. The Morgan fingerprint density at radius 2 is 1.02 bits per heavy atom. The molecule has 0 aliphatic carbocycles. The quantitative estimate of drug-likeness (QED) is 0.128. The topological polar surface area (TPSA) is 169 Å². The summed E-state index contributed by atoms with van der Waals surface area (Å²) in [6.07, 6.45) is 2.76. The molecule has 4 rings (SSSR count). The van der Waals surface area contributed by atoms with Crippen LogP contribution >= 0.6 is 31.9 Å². The normalized spacial score (nSPS) is 10.4. The van der Waals surface area contributed by atoms with Crippen molar-refractivity contribution in [3.05, 3.63) is 116 Å². The molecule has 2 amide bonds. The zero-order valence-corrected chi connectivity index (χ0v) is 25.1. The number of halogens is 2. The molecule has 41 heavy (non-hydrogen) atoms. The molecule has 4 aromatic rings. The predicted molar refractivity (Wildman–Crippen MR) is 161 cm³/mol. The van der Waals surface area contributed by atoms with Crippen LogP contribution in [0.15, 0.2) is 104 Å². The third-order valence-corrected chi connectivity index (χ3v) is 6.05. The van der Waals surface area contributed by atoms with Gasteiger partial charge in [-0.3, -0.25) is 9.59 Å². The molecule has 0 aliphatic heterocycles. The van der Waals surface area contributed by atoms with Crippen LogP contribution in [0.1, 0.15) is 31.8 Å². The van der Waals surface area contributed by atoms with Crippen molar-refractivity contribution >= 4 is 56.1 Å². The van der Waals surface area contributed by atoms with Crippen LogP contribution in [0.4, 0.5) is 0 Å². The fourth-order valence-corrected chi connectivity index (χ4v) is 3.81. The van der Waals surface area contributed by atoms with Gasteiger partial charge in [0, 0.05) is 21.1 Å². The van der Waals surface area contributed by atoms with Gasteiger partial charge in [-0.2, -0.15) is 10.2 Å². The second-order valence-corrected chi connectivity index (χ2v) is 9.73. The van der Waals surface area contributed by atoms with E-state index in [0.29, 0.717) is 22.6 Å². The van der Waals surface area contributed by atoms with Crippen molar-refractivity contribution in [1.82, 2.24) is 10.9 Å². The summed E-state index contributed by atoms with van der Waals surface area (Å²) in [5.41, 5.74) is 6.03. The van der Waals surface area contributed by atoms with E-state index in [1.54, 1.807) is 60.7 Å². The van der Waals surface area contributed by atoms with Gasteiger partial charge < -0.3 is 20.4 Å². The molecule has 0 spiro atoms. The Morgan fingerprint density at radius 1 is 0.659 bits per heavy atom. The number of benzene rings is 4. The summed E-state index contributed by atoms with van der Waals surface area (Å²) in [6, 6.07) is 22.6. The number of nitrogens with zero attached hydrogens (tertiary/aromatic N) is 2. The molecular formula is C28H24Br2CoN4O6+4. The standard InChI is InChI=1S/2C14H11BrN2O3.Co/c2*15-10-5-6-12(18)9(7-10)8-16-17-14(20)11-3-1-2-4-13(11)19;/h2*1-8,18-19H,(H,17,20);/q;;+2/p+2. The molecule has 1 radical (unpaired) electrons. The summed E-state index contributed by atoms with van der Waals surface area (Å²) in [4.78, 5) is 23.5.